The third-order valence-corrected chi connectivity index (χ3v) is 8.28. The molecule has 7 nitrogen and oxygen atoms in total. The first-order valence-electron chi connectivity index (χ1n) is 14.6. The standard InChI is InChI=1S/C34H41N3O4/c1-25(2)21-31-32(38)37(23-27-9-13-29(40-3)14-10-27)34(33(39)35-31)17-19-36(20-18-34)22-26-11-15-30(16-12-26)41-24-28-7-5-4-6-8-28/h4-16,25,31H,17-24H2,1-3H3,(H,35,39). The normalized spacial score (nSPS) is 18.9. The van der Waals surface area contributed by atoms with Crippen LogP contribution in [-0.4, -0.2) is 53.4 Å². The Morgan fingerprint density at radius 1 is 0.829 bits per heavy atom. The molecule has 0 aromatic heterocycles. The van der Waals surface area contributed by atoms with Crippen molar-refractivity contribution in [3.8, 4) is 11.5 Å². The van der Waals surface area contributed by atoms with Crippen LogP contribution < -0.4 is 14.8 Å². The molecule has 2 fully saturated rings. The number of ether oxygens (including phenoxy) is 2. The molecule has 3 aromatic carbocycles. The van der Waals surface area contributed by atoms with Crippen molar-refractivity contribution in [1.29, 1.82) is 0 Å². The average Bonchev–Trinajstić information content (AvgIpc) is 2.99. The number of carbonyl (C=O) groups is 2. The van der Waals surface area contributed by atoms with Gasteiger partial charge in [0, 0.05) is 26.2 Å². The van der Waals surface area contributed by atoms with E-state index in [0.717, 1.165) is 42.3 Å². The zero-order valence-electron chi connectivity index (χ0n) is 24.3. The van der Waals surface area contributed by atoms with Crippen molar-refractivity contribution >= 4 is 11.8 Å². The quantitative estimate of drug-likeness (QED) is 0.373. The van der Waals surface area contributed by atoms with Crippen LogP contribution in [0.3, 0.4) is 0 Å². The molecular weight excluding hydrogens is 514 g/mol. The first-order chi connectivity index (χ1) is 19.9. The lowest BCUT2D eigenvalue weighted by Gasteiger charge is -2.52. The topological polar surface area (TPSA) is 71.1 Å². The molecule has 0 saturated carbocycles. The van der Waals surface area contributed by atoms with Gasteiger partial charge < -0.3 is 19.7 Å². The van der Waals surface area contributed by atoms with Gasteiger partial charge in [0.2, 0.25) is 11.8 Å². The number of amides is 2. The van der Waals surface area contributed by atoms with E-state index in [-0.39, 0.29) is 11.8 Å². The van der Waals surface area contributed by atoms with Gasteiger partial charge in [0.1, 0.15) is 29.7 Å². The molecule has 216 valence electrons. The van der Waals surface area contributed by atoms with E-state index in [4.69, 9.17) is 9.47 Å². The number of nitrogens with one attached hydrogen (secondary N) is 1. The predicted octanol–water partition coefficient (Wildman–Crippen LogP) is 5.18. The van der Waals surface area contributed by atoms with Crippen LogP contribution >= 0.6 is 0 Å². The van der Waals surface area contributed by atoms with Crippen molar-refractivity contribution in [1.82, 2.24) is 15.1 Å². The van der Waals surface area contributed by atoms with Crippen molar-refractivity contribution in [2.24, 2.45) is 5.92 Å². The van der Waals surface area contributed by atoms with E-state index in [1.54, 1.807) is 7.11 Å². The summed E-state index contributed by atoms with van der Waals surface area (Å²) < 4.78 is 11.2. The third-order valence-electron chi connectivity index (χ3n) is 8.28. The number of methoxy groups -OCH3 is 1. The molecule has 1 unspecified atom stereocenters. The highest BCUT2D eigenvalue weighted by molar-refractivity contribution is 6.00. The number of likely N-dealkylation sites (tertiary alicyclic amines) is 1. The summed E-state index contributed by atoms with van der Waals surface area (Å²) in [5.41, 5.74) is 2.49. The minimum Gasteiger partial charge on any atom is -0.497 e. The Labute approximate surface area is 243 Å². The number of nitrogens with zero attached hydrogens (tertiary/aromatic N) is 2. The maximum Gasteiger partial charge on any atom is 0.246 e. The molecule has 1 N–H and O–H groups in total. The molecular formula is C34H41N3O4. The van der Waals surface area contributed by atoms with Crippen LogP contribution in [-0.2, 0) is 29.3 Å². The highest BCUT2D eigenvalue weighted by Crippen LogP contribution is 2.36. The molecule has 0 aliphatic carbocycles. The summed E-state index contributed by atoms with van der Waals surface area (Å²) in [7, 11) is 1.64. The van der Waals surface area contributed by atoms with E-state index in [2.05, 4.69) is 48.3 Å². The lowest BCUT2D eigenvalue weighted by Crippen LogP contribution is -2.72. The van der Waals surface area contributed by atoms with Crippen LogP contribution in [0.5, 0.6) is 11.5 Å². The number of piperidine rings is 1. The second-order valence-corrected chi connectivity index (χ2v) is 11.7. The fourth-order valence-electron chi connectivity index (χ4n) is 5.92. The summed E-state index contributed by atoms with van der Waals surface area (Å²) in [4.78, 5) is 31.8. The predicted molar refractivity (Wildman–Crippen MR) is 159 cm³/mol. The number of hydrogen-bond donors (Lipinski definition) is 1. The van der Waals surface area contributed by atoms with Gasteiger partial charge in [-0.25, -0.2) is 0 Å². The summed E-state index contributed by atoms with van der Waals surface area (Å²) >= 11 is 0. The van der Waals surface area contributed by atoms with Crippen LogP contribution in [0, 0.1) is 5.92 Å². The second-order valence-electron chi connectivity index (χ2n) is 11.7. The van der Waals surface area contributed by atoms with Crippen LogP contribution in [0.15, 0.2) is 78.9 Å². The fraction of sp³-hybridized carbons (Fsp3) is 0.412. The maximum atomic E-state index is 13.8. The van der Waals surface area contributed by atoms with Crippen molar-refractivity contribution in [3.63, 3.8) is 0 Å². The molecule has 5 rings (SSSR count). The summed E-state index contributed by atoms with van der Waals surface area (Å²) in [5.74, 6) is 1.92. The lowest BCUT2D eigenvalue weighted by atomic mass is 9.80. The van der Waals surface area contributed by atoms with Crippen molar-refractivity contribution in [3.05, 3.63) is 95.6 Å². The van der Waals surface area contributed by atoms with E-state index in [0.29, 0.717) is 38.3 Å². The number of benzene rings is 3. The zero-order valence-corrected chi connectivity index (χ0v) is 24.3. The van der Waals surface area contributed by atoms with Crippen LogP contribution in [0.1, 0.15) is 49.8 Å². The summed E-state index contributed by atoms with van der Waals surface area (Å²) in [6.45, 7) is 7.38. The largest absolute Gasteiger partial charge is 0.497 e. The van der Waals surface area contributed by atoms with E-state index in [9.17, 15) is 9.59 Å². The SMILES string of the molecule is COc1ccc(CN2C(=O)C(CC(C)C)NC(=O)C23CCN(Cc2ccc(OCc4ccccc4)cc2)CC3)cc1. The molecule has 2 amide bonds. The van der Waals surface area contributed by atoms with Gasteiger partial charge in [0.25, 0.3) is 0 Å². The van der Waals surface area contributed by atoms with Crippen molar-refractivity contribution in [2.45, 2.75) is 64.4 Å². The first-order valence-corrected chi connectivity index (χ1v) is 14.6. The van der Waals surface area contributed by atoms with Gasteiger partial charge in [-0.1, -0.05) is 68.4 Å². The van der Waals surface area contributed by atoms with Gasteiger partial charge >= 0.3 is 0 Å². The van der Waals surface area contributed by atoms with Gasteiger partial charge in [-0.2, -0.15) is 0 Å². The average molecular weight is 556 g/mol. The lowest BCUT2D eigenvalue weighted by molar-refractivity contribution is -0.162. The number of rotatable bonds is 10. The zero-order chi connectivity index (χ0) is 28.8. The molecule has 0 bridgehead atoms. The number of carbonyl (C=O) groups excluding carboxylic acids is 2. The molecule has 7 heteroatoms. The molecule has 1 spiro atoms. The Kier molecular flexibility index (Phi) is 8.93. The van der Waals surface area contributed by atoms with E-state index in [1.807, 2.05) is 59.5 Å². The van der Waals surface area contributed by atoms with E-state index >= 15 is 0 Å². The number of hydrogen-bond acceptors (Lipinski definition) is 5. The van der Waals surface area contributed by atoms with Crippen LogP contribution in [0.25, 0.3) is 0 Å². The van der Waals surface area contributed by atoms with Crippen LogP contribution in [0.4, 0.5) is 0 Å². The van der Waals surface area contributed by atoms with Gasteiger partial charge in [-0.15, -0.1) is 0 Å². The molecule has 2 heterocycles. The fourth-order valence-corrected chi connectivity index (χ4v) is 5.92. The van der Waals surface area contributed by atoms with Gasteiger partial charge in [0.15, 0.2) is 0 Å². The Morgan fingerprint density at radius 3 is 2.05 bits per heavy atom. The molecule has 2 saturated heterocycles. The van der Waals surface area contributed by atoms with Crippen LogP contribution in [0.2, 0.25) is 0 Å². The molecule has 41 heavy (non-hydrogen) atoms. The smallest absolute Gasteiger partial charge is 0.246 e. The van der Waals surface area contributed by atoms with Crippen molar-refractivity contribution < 1.29 is 19.1 Å². The molecule has 1 atom stereocenters. The first kappa shape index (κ1) is 28.7. The Hall–Kier alpha value is -3.84. The molecule has 0 radical (unpaired) electrons. The summed E-state index contributed by atoms with van der Waals surface area (Å²) in [5, 5.41) is 3.10. The van der Waals surface area contributed by atoms with E-state index < -0.39 is 11.6 Å². The minimum atomic E-state index is -0.837. The molecule has 2 aliphatic rings. The third kappa shape index (κ3) is 6.73. The monoisotopic (exact) mass is 555 g/mol. The Bertz CT molecular complexity index is 1300. The molecule has 2 aliphatic heterocycles. The maximum absolute atomic E-state index is 13.8. The minimum absolute atomic E-state index is 0.0178. The second kappa shape index (κ2) is 12.8. The Balaban J connectivity index is 1.24. The van der Waals surface area contributed by atoms with Gasteiger partial charge in [-0.3, -0.25) is 14.5 Å². The number of piperazine rings is 1. The molecule has 3 aromatic rings. The highest BCUT2D eigenvalue weighted by Gasteiger charge is 2.53. The van der Waals surface area contributed by atoms with Crippen molar-refractivity contribution in [2.75, 3.05) is 20.2 Å². The van der Waals surface area contributed by atoms with E-state index in [1.165, 1.54) is 5.56 Å². The summed E-state index contributed by atoms with van der Waals surface area (Å²) in [6, 6.07) is 25.7. The van der Waals surface area contributed by atoms with Gasteiger partial charge in [0.05, 0.1) is 7.11 Å². The van der Waals surface area contributed by atoms with Gasteiger partial charge in [-0.05, 0) is 66.1 Å². The highest BCUT2D eigenvalue weighted by atomic mass is 16.5. The Morgan fingerprint density at radius 2 is 1.44 bits per heavy atom. The summed E-state index contributed by atoms with van der Waals surface area (Å²) in [6.07, 6.45) is 1.84.